The van der Waals surface area contributed by atoms with E-state index >= 15 is 0 Å². The predicted molar refractivity (Wildman–Crippen MR) is 110 cm³/mol. The molecule has 0 radical (unpaired) electrons. The average Bonchev–Trinajstić information content (AvgIpc) is 3.12. The molecule has 2 aromatic rings. The summed E-state index contributed by atoms with van der Waals surface area (Å²) in [5, 5.41) is 0. The smallest absolute Gasteiger partial charge is 0.257 e. The average molecular weight is 403 g/mol. The minimum Gasteiger partial charge on any atom is -0.383 e. The molecule has 7 heteroatoms. The third kappa shape index (κ3) is 6.42. The molecule has 0 spiro atoms. The summed E-state index contributed by atoms with van der Waals surface area (Å²) >= 11 is 0. The molecule has 2 rings (SSSR count). The van der Waals surface area contributed by atoms with Crippen LogP contribution in [-0.2, 0) is 23.1 Å². The van der Waals surface area contributed by atoms with Crippen LogP contribution >= 0.6 is 0 Å². The molecular weight excluding hydrogens is 373 g/mol. The summed E-state index contributed by atoms with van der Waals surface area (Å²) in [7, 11) is 3.50. The summed E-state index contributed by atoms with van der Waals surface area (Å²) in [5.41, 5.74) is 0.970. The fourth-order valence-electron chi connectivity index (χ4n) is 3.02. The van der Waals surface area contributed by atoms with Crippen LogP contribution in [0, 0.1) is 5.82 Å². The van der Waals surface area contributed by atoms with Crippen molar-refractivity contribution in [2.24, 2.45) is 7.05 Å². The Bertz CT molecular complexity index is 806. The van der Waals surface area contributed by atoms with E-state index in [1.54, 1.807) is 24.1 Å². The van der Waals surface area contributed by atoms with Gasteiger partial charge in [0.15, 0.2) is 0 Å². The van der Waals surface area contributed by atoms with Crippen LogP contribution in [-0.4, -0.2) is 59.5 Å². The number of aryl methyl sites for hydroxylation is 1. The summed E-state index contributed by atoms with van der Waals surface area (Å²) in [6, 6.07) is 9.74. The zero-order chi connectivity index (χ0) is 21.2. The molecule has 0 bridgehead atoms. The molecule has 29 heavy (non-hydrogen) atoms. The number of benzene rings is 1. The molecule has 0 aliphatic heterocycles. The van der Waals surface area contributed by atoms with Crippen molar-refractivity contribution in [3.63, 3.8) is 0 Å². The number of hydrogen-bond donors (Lipinski definition) is 0. The Morgan fingerprint density at radius 3 is 2.48 bits per heavy atom. The molecule has 2 amide bonds. The molecule has 1 aromatic carbocycles. The maximum atomic E-state index is 14.1. The van der Waals surface area contributed by atoms with Gasteiger partial charge in [-0.25, -0.2) is 4.39 Å². The van der Waals surface area contributed by atoms with Gasteiger partial charge >= 0.3 is 0 Å². The van der Waals surface area contributed by atoms with Crippen LogP contribution < -0.4 is 0 Å². The van der Waals surface area contributed by atoms with Crippen LogP contribution in [0.4, 0.5) is 4.39 Å². The molecule has 1 heterocycles. The van der Waals surface area contributed by atoms with E-state index in [0.29, 0.717) is 26.2 Å². The van der Waals surface area contributed by atoms with E-state index in [1.165, 1.54) is 17.0 Å². The fourth-order valence-corrected chi connectivity index (χ4v) is 3.02. The molecular formula is C22H30FN3O3. The lowest BCUT2D eigenvalue weighted by Gasteiger charge is -2.28. The van der Waals surface area contributed by atoms with Crippen LogP contribution in [0.2, 0.25) is 0 Å². The summed E-state index contributed by atoms with van der Waals surface area (Å²) in [6.45, 7) is 3.54. The molecule has 0 atom stereocenters. The summed E-state index contributed by atoms with van der Waals surface area (Å²) in [4.78, 5) is 29.1. The molecule has 1 aromatic heterocycles. The second kappa shape index (κ2) is 11.4. The Morgan fingerprint density at radius 2 is 1.86 bits per heavy atom. The Kier molecular flexibility index (Phi) is 8.86. The minimum atomic E-state index is -0.577. The first-order valence-corrected chi connectivity index (χ1v) is 9.88. The number of nitrogens with zero attached hydrogens (tertiary/aromatic N) is 3. The maximum Gasteiger partial charge on any atom is 0.257 e. The first-order valence-electron chi connectivity index (χ1n) is 9.88. The Labute approximate surface area is 171 Å². The van der Waals surface area contributed by atoms with E-state index < -0.39 is 11.7 Å². The Balaban J connectivity index is 2.17. The van der Waals surface area contributed by atoms with Crippen LogP contribution in [0.5, 0.6) is 0 Å². The molecule has 0 fully saturated rings. The molecule has 0 aliphatic rings. The van der Waals surface area contributed by atoms with Crippen molar-refractivity contribution in [1.82, 2.24) is 14.4 Å². The number of rotatable bonds is 11. The van der Waals surface area contributed by atoms with Gasteiger partial charge in [-0.05, 0) is 30.7 Å². The van der Waals surface area contributed by atoms with Crippen LogP contribution in [0.15, 0.2) is 42.6 Å². The highest BCUT2D eigenvalue weighted by molar-refractivity contribution is 5.96. The van der Waals surface area contributed by atoms with Crippen molar-refractivity contribution >= 4 is 11.8 Å². The predicted octanol–water partition coefficient (Wildman–Crippen LogP) is 3.08. The molecule has 0 aliphatic carbocycles. The molecule has 158 valence electrons. The Hall–Kier alpha value is -2.67. The van der Waals surface area contributed by atoms with Gasteiger partial charge in [0.25, 0.3) is 5.91 Å². The summed E-state index contributed by atoms with van der Waals surface area (Å²) < 4.78 is 21.2. The highest BCUT2D eigenvalue weighted by atomic mass is 19.1. The topological polar surface area (TPSA) is 54.8 Å². The van der Waals surface area contributed by atoms with Crippen molar-refractivity contribution in [2.75, 3.05) is 33.4 Å². The summed E-state index contributed by atoms with van der Waals surface area (Å²) in [5.74, 6) is -1.23. The van der Waals surface area contributed by atoms with Crippen molar-refractivity contribution in [3.8, 4) is 0 Å². The van der Waals surface area contributed by atoms with Crippen LogP contribution in [0.25, 0.3) is 0 Å². The van der Waals surface area contributed by atoms with E-state index in [0.717, 1.165) is 18.5 Å². The lowest BCUT2D eigenvalue weighted by atomic mass is 10.1. The fraction of sp³-hybridized carbons (Fsp3) is 0.455. The first kappa shape index (κ1) is 22.6. The van der Waals surface area contributed by atoms with Gasteiger partial charge in [0.2, 0.25) is 5.91 Å². The highest BCUT2D eigenvalue weighted by Crippen LogP contribution is 2.12. The third-order valence-corrected chi connectivity index (χ3v) is 4.82. The van der Waals surface area contributed by atoms with Crippen molar-refractivity contribution in [3.05, 3.63) is 59.7 Å². The van der Waals surface area contributed by atoms with E-state index in [2.05, 4.69) is 0 Å². The number of carbonyl (C=O) groups excluding carboxylic acids is 2. The van der Waals surface area contributed by atoms with Crippen molar-refractivity contribution < 1.29 is 18.7 Å². The normalized spacial score (nSPS) is 10.8. The monoisotopic (exact) mass is 403 g/mol. The van der Waals surface area contributed by atoms with E-state index in [4.69, 9.17) is 4.74 Å². The van der Waals surface area contributed by atoms with Gasteiger partial charge in [-0.3, -0.25) is 9.59 Å². The lowest BCUT2D eigenvalue weighted by Crippen LogP contribution is -2.44. The maximum absolute atomic E-state index is 14.1. The van der Waals surface area contributed by atoms with Crippen LogP contribution in [0.3, 0.4) is 0 Å². The molecule has 0 N–H and O–H groups in total. The third-order valence-electron chi connectivity index (χ3n) is 4.82. The van der Waals surface area contributed by atoms with E-state index in [-0.39, 0.29) is 18.0 Å². The number of ether oxygens (including phenoxy) is 1. The second-order valence-corrected chi connectivity index (χ2v) is 6.98. The number of carbonyl (C=O) groups is 2. The zero-order valence-electron chi connectivity index (χ0n) is 17.4. The van der Waals surface area contributed by atoms with Gasteiger partial charge in [0.05, 0.1) is 18.7 Å². The molecule has 0 unspecified atom stereocenters. The van der Waals surface area contributed by atoms with Crippen molar-refractivity contribution in [1.29, 1.82) is 0 Å². The molecule has 0 saturated heterocycles. The van der Waals surface area contributed by atoms with Gasteiger partial charge in [-0.1, -0.05) is 25.5 Å². The highest BCUT2D eigenvalue weighted by Gasteiger charge is 2.24. The second-order valence-electron chi connectivity index (χ2n) is 6.98. The van der Waals surface area contributed by atoms with Gasteiger partial charge in [0, 0.05) is 39.1 Å². The zero-order valence-corrected chi connectivity index (χ0v) is 17.4. The Morgan fingerprint density at radius 1 is 1.10 bits per heavy atom. The largest absolute Gasteiger partial charge is 0.383 e. The minimum absolute atomic E-state index is 0.0118. The number of amides is 2. The van der Waals surface area contributed by atoms with Gasteiger partial charge < -0.3 is 19.1 Å². The first-order chi connectivity index (χ1) is 14.0. The number of methoxy groups -OCH3 is 1. The van der Waals surface area contributed by atoms with E-state index in [1.807, 2.05) is 36.9 Å². The number of hydrogen-bond acceptors (Lipinski definition) is 3. The summed E-state index contributed by atoms with van der Waals surface area (Å²) in [6.07, 6.45) is 3.53. The quantitative estimate of drug-likeness (QED) is 0.579. The van der Waals surface area contributed by atoms with Gasteiger partial charge in [0.1, 0.15) is 12.4 Å². The van der Waals surface area contributed by atoms with Gasteiger partial charge in [-0.2, -0.15) is 0 Å². The lowest BCUT2D eigenvalue weighted by molar-refractivity contribution is -0.133. The molecule has 6 nitrogen and oxygen atoms in total. The number of unbranched alkanes of at least 4 members (excludes halogenated alkanes) is 1. The van der Waals surface area contributed by atoms with Gasteiger partial charge in [-0.15, -0.1) is 0 Å². The number of halogens is 1. The number of aromatic nitrogens is 1. The molecule has 0 saturated carbocycles. The standard InChI is InChI=1S/C22H30FN3O3/c1-4-5-13-26(22(28)19-10-6-7-11-20(19)23)17-21(27)25(14-15-29-3)16-18-9-8-12-24(18)2/h6-12H,4-5,13-17H2,1-3H3. The van der Waals surface area contributed by atoms with E-state index in [9.17, 15) is 14.0 Å². The van der Waals surface area contributed by atoms with Crippen molar-refractivity contribution in [2.45, 2.75) is 26.3 Å². The SMILES string of the molecule is CCCCN(CC(=O)N(CCOC)Cc1cccn1C)C(=O)c1ccccc1F. The van der Waals surface area contributed by atoms with Crippen LogP contribution in [0.1, 0.15) is 35.8 Å².